The van der Waals surface area contributed by atoms with E-state index in [2.05, 4.69) is 0 Å². The summed E-state index contributed by atoms with van der Waals surface area (Å²) in [6, 6.07) is 5.56. The van der Waals surface area contributed by atoms with Crippen LogP contribution in [0.5, 0.6) is 5.75 Å². The van der Waals surface area contributed by atoms with Crippen LogP contribution in [0.4, 0.5) is 0 Å². The van der Waals surface area contributed by atoms with Crippen molar-refractivity contribution < 1.29 is 14.2 Å². The van der Waals surface area contributed by atoms with Crippen molar-refractivity contribution in [2.24, 2.45) is 0 Å². The standard InChI is InChI=1S/C13H19ClO3/c1-4-15-13(16-5-2)9-17-12-8-11(14)7-6-10(12)3/h6-8,13H,4-5,9H2,1-3H3. The van der Waals surface area contributed by atoms with Gasteiger partial charge in [-0.15, -0.1) is 0 Å². The molecular formula is C13H19ClO3. The number of hydrogen-bond acceptors (Lipinski definition) is 3. The fourth-order valence-electron chi connectivity index (χ4n) is 1.40. The molecule has 4 heteroatoms. The van der Waals surface area contributed by atoms with Gasteiger partial charge in [0.1, 0.15) is 12.4 Å². The Kier molecular flexibility index (Phi) is 6.34. The largest absolute Gasteiger partial charge is 0.488 e. The van der Waals surface area contributed by atoms with Gasteiger partial charge in [0, 0.05) is 18.2 Å². The molecule has 0 bridgehead atoms. The second-order valence-electron chi connectivity index (χ2n) is 3.56. The Hall–Kier alpha value is -0.770. The van der Waals surface area contributed by atoms with Gasteiger partial charge in [-0.05, 0) is 38.5 Å². The first-order valence-corrected chi connectivity index (χ1v) is 6.17. The first-order chi connectivity index (χ1) is 8.17. The van der Waals surface area contributed by atoms with E-state index in [1.165, 1.54) is 0 Å². The van der Waals surface area contributed by atoms with Gasteiger partial charge >= 0.3 is 0 Å². The lowest BCUT2D eigenvalue weighted by molar-refractivity contribution is -0.152. The Morgan fingerprint density at radius 2 is 1.82 bits per heavy atom. The van der Waals surface area contributed by atoms with Gasteiger partial charge in [-0.2, -0.15) is 0 Å². The van der Waals surface area contributed by atoms with Crippen molar-refractivity contribution in [1.82, 2.24) is 0 Å². The van der Waals surface area contributed by atoms with Gasteiger partial charge in [-0.3, -0.25) is 0 Å². The van der Waals surface area contributed by atoms with E-state index in [9.17, 15) is 0 Å². The third-order valence-corrected chi connectivity index (χ3v) is 2.47. The molecule has 96 valence electrons. The van der Waals surface area contributed by atoms with Crippen LogP contribution in [0.25, 0.3) is 0 Å². The summed E-state index contributed by atoms with van der Waals surface area (Å²) >= 11 is 5.91. The Bertz CT molecular complexity index is 335. The third-order valence-electron chi connectivity index (χ3n) is 2.23. The maximum atomic E-state index is 5.91. The van der Waals surface area contributed by atoms with E-state index in [0.29, 0.717) is 24.8 Å². The van der Waals surface area contributed by atoms with Gasteiger partial charge in [0.05, 0.1) is 0 Å². The molecule has 1 aromatic rings. The van der Waals surface area contributed by atoms with Gasteiger partial charge in [0.25, 0.3) is 0 Å². The minimum Gasteiger partial charge on any atom is -0.488 e. The van der Waals surface area contributed by atoms with Crippen molar-refractivity contribution in [3.8, 4) is 5.75 Å². The molecule has 3 nitrogen and oxygen atoms in total. The molecule has 0 aliphatic rings. The third kappa shape index (κ3) is 4.94. The zero-order valence-electron chi connectivity index (χ0n) is 10.5. The summed E-state index contributed by atoms with van der Waals surface area (Å²) in [6.45, 7) is 7.39. The predicted octanol–water partition coefficient (Wildman–Crippen LogP) is 3.43. The van der Waals surface area contributed by atoms with Crippen LogP contribution in [-0.4, -0.2) is 26.1 Å². The van der Waals surface area contributed by atoms with Gasteiger partial charge in [-0.25, -0.2) is 0 Å². The highest BCUT2D eigenvalue weighted by Crippen LogP contribution is 2.22. The normalized spacial score (nSPS) is 10.9. The molecule has 1 aromatic carbocycles. The first-order valence-electron chi connectivity index (χ1n) is 5.79. The molecule has 1 rings (SSSR count). The second-order valence-corrected chi connectivity index (χ2v) is 4.00. The highest BCUT2D eigenvalue weighted by molar-refractivity contribution is 6.30. The number of aryl methyl sites for hydroxylation is 1. The maximum Gasteiger partial charge on any atom is 0.191 e. The Morgan fingerprint density at radius 1 is 1.18 bits per heavy atom. The summed E-state index contributed by atoms with van der Waals surface area (Å²) < 4.78 is 16.4. The van der Waals surface area contributed by atoms with E-state index in [0.717, 1.165) is 11.3 Å². The predicted molar refractivity (Wildman–Crippen MR) is 68.7 cm³/mol. The minimum atomic E-state index is -0.330. The Morgan fingerprint density at radius 3 is 2.41 bits per heavy atom. The molecule has 0 N–H and O–H groups in total. The molecule has 0 atom stereocenters. The van der Waals surface area contributed by atoms with Crippen LogP contribution < -0.4 is 4.74 Å². The van der Waals surface area contributed by atoms with Crippen molar-refractivity contribution in [2.45, 2.75) is 27.1 Å². The summed E-state index contributed by atoms with van der Waals surface area (Å²) in [5.41, 5.74) is 1.04. The molecule has 0 saturated heterocycles. The fourth-order valence-corrected chi connectivity index (χ4v) is 1.57. The summed E-state index contributed by atoms with van der Waals surface area (Å²) in [5.74, 6) is 0.766. The molecule has 0 unspecified atom stereocenters. The van der Waals surface area contributed by atoms with Crippen molar-refractivity contribution in [1.29, 1.82) is 0 Å². The molecule has 17 heavy (non-hydrogen) atoms. The summed E-state index contributed by atoms with van der Waals surface area (Å²) in [7, 11) is 0. The van der Waals surface area contributed by atoms with Crippen molar-refractivity contribution >= 4 is 11.6 Å². The highest BCUT2D eigenvalue weighted by atomic mass is 35.5. The molecule has 0 fully saturated rings. The van der Waals surface area contributed by atoms with Crippen LogP contribution in [0.3, 0.4) is 0 Å². The lowest BCUT2D eigenvalue weighted by Crippen LogP contribution is -2.25. The number of benzene rings is 1. The van der Waals surface area contributed by atoms with Gasteiger partial charge in [0.15, 0.2) is 6.29 Å². The minimum absolute atomic E-state index is 0.330. The number of hydrogen-bond donors (Lipinski definition) is 0. The molecule has 0 saturated carbocycles. The quantitative estimate of drug-likeness (QED) is 0.702. The molecule has 0 heterocycles. The lowest BCUT2D eigenvalue weighted by Gasteiger charge is -2.18. The number of ether oxygens (including phenoxy) is 3. The lowest BCUT2D eigenvalue weighted by atomic mass is 10.2. The summed E-state index contributed by atoms with van der Waals surface area (Å²) in [4.78, 5) is 0. The van der Waals surface area contributed by atoms with E-state index < -0.39 is 0 Å². The Labute approximate surface area is 108 Å². The average molecular weight is 259 g/mol. The molecule has 0 aliphatic carbocycles. The van der Waals surface area contributed by atoms with Crippen LogP contribution in [0.15, 0.2) is 18.2 Å². The topological polar surface area (TPSA) is 27.7 Å². The average Bonchev–Trinajstić information content (AvgIpc) is 2.30. The van der Waals surface area contributed by atoms with E-state index in [-0.39, 0.29) is 6.29 Å². The van der Waals surface area contributed by atoms with E-state index in [1.807, 2.05) is 32.9 Å². The summed E-state index contributed by atoms with van der Waals surface area (Å²) in [6.07, 6.45) is -0.330. The number of halogens is 1. The first kappa shape index (κ1) is 14.3. The smallest absolute Gasteiger partial charge is 0.191 e. The Balaban J connectivity index is 2.55. The molecule has 0 radical (unpaired) electrons. The number of rotatable bonds is 7. The van der Waals surface area contributed by atoms with Crippen molar-refractivity contribution in [2.75, 3.05) is 19.8 Å². The van der Waals surface area contributed by atoms with Gasteiger partial charge < -0.3 is 14.2 Å². The fraction of sp³-hybridized carbons (Fsp3) is 0.538. The monoisotopic (exact) mass is 258 g/mol. The van der Waals surface area contributed by atoms with Crippen molar-refractivity contribution in [3.05, 3.63) is 28.8 Å². The van der Waals surface area contributed by atoms with Crippen LogP contribution in [0.1, 0.15) is 19.4 Å². The van der Waals surface area contributed by atoms with Crippen LogP contribution in [-0.2, 0) is 9.47 Å². The zero-order valence-corrected chi connectivity index (χ0v) is 11.3. The molecular weight excluding hydrogens is 240 g/mol. The highest BCUT2D eigenvalue weighted by Gasteiger charge is 2.10. The van der Waals surface area contributed by atoms with E-state index in [4.69, 9.17) is 25.8 Å². The van der Waals surface area contributed by atoms with E-state index >= 15 is 0 Å². The van der Waals surface area contributed by atoms with E-state index in [1.54, 1.807) is 6.07 Å². The molecule has 0 spiro atoms. The van der Waals surface area contributed by atoms with Gasteiger partial charge in [0.2, 0.25) is 0 Å². The second kappa shape index (κ2) is 7.54. The molecule has 0 aliphatic heterocycles. The SMILES string of the molecule is CCOC(COc1cc(Cl)ccc1C)OCC. The van der Waals surface area contributed by atoms with Crippen LogP contribution in [0, 0.1) is 6.92 Å². The van der Waals surface area contributed by atoms with Gasteiger partial charge in [-0.1, -0.05) is 17.7 Å². The zero-order chi connectivity index (χ0) is 12.7. The molecule has 0 aromatic heterocycles. The van der Waals surface area contributed by atoms with Crippen LogP contribution >= 0.6 is 11.6 Å². The molecule has 0 amide bonds. The van der Waals surface area contributed by atoms with Crippen LogP contribution in [0.2, 0.25) is 5.02 Å². The maximum absolute atomic E-state index is 5.91. The summed E-state index contributed by atoms with van der Waals surface area (Å²) in [5, 5.41) is 0.662. The van der Waals surface area contributed by atoms with Crippen molar-refractivity contribution in [3.63, 3.8) is 0 Å².